The summed E-state index contributed by atoms with van der Waals surface area (Å²) in [5.74, 6) is -0.0681. The molecule has 1 aromatic heterocycles. The number of aromatic nitrogens is 2. The normalized spacial score (nSPS) is 16.1. The lowest BCUT2D eigenvalue weighted by Gasteiger charge is -2.32. The minimum Gasteiger partial charge on any atom is -0.333 e. The summed E-state index contributed by atoms with van der Waals surface area (Å²) in [6, 6.07) is 20.8. The Morgan fingerprint density at radius 1 is 0.968 bits per heavy atom. The second-order valence-electron chi connectivity index (χ2n) is 9.01. The molecule has 2 aliphatic carbocycles. The van der Waals surface area contributed by atoms with Crippen LogP contribution in [-0.2, 0) is 31.2 Å². The quantitative estimate of drug-likeness (QED) is 0.570. The van der Waals surface area contributed by atoms with E-state index >= 15 is 0 Å². The SMILES string of the molecule is Cn1nc(CN(C(=O)C(c2ccccc2)c2ccccc2)C2CCCC2)c2c1CCC2. The van der Waals surface area contributed by atoms with Gasteiger partial charge in [0.1, 0.15) is 0 Å². The van der Waals surface area contributed by atoms with Gasteiger partial charge in [0.2, 0.25) is 5.91 Å². The average molecular weight is 414 g/mol. The molecule has 0 spiro atoms. The van der Waals surface area contributed by atoms with E-state index in [0.29, 0.717) is 12.6 Å². The first kappa shape index (κ1) is 20.0. The number of fused-ring (bicyclic) bond motifs is 1. The Hall–Kier alpha value is -2.88. The van der Waals surface area contributed by atoms with E-state index in [1.165, 1.54) is 30.5 Å². The molecule has 0 aliphatic heterocycles. The van der Waals surface area contributed by atoms with E-state index in [1.807, 2.05) is 48.1 Å². The van der Waals surface area contributed by atoms with Gasteiger partial charge in [-0.2, -0.15) is 5.10 Å². The van der Waals surface area contributed by atoms with E-state index in [0.717, 1.165) is 42.5 Å². The van der Waals surface area contributed by atoms with Gasteiger partial charge in [-0.25, -0.2) is 0 Å². The minimum absolute atomic E-state index is 0.210. The Balaban J connectivity index is 1.53. The van der Waals surface area contributed by atoms with Gasteiger partial charge in [0.25, 0.3) is 0 Å². The summed E-state index contributed by atoms with van der Waals surface area (Å²) >= 11 is 0. The first-order valence-corrected chi connectivity index (χ1v) is 11.7. The van der Waals surface area contributed by atoms with Crippen molar-refractivity contribution in [1.82, 2.24) is 14.7 Å². The minimum atomic E-state index is -0.278. The highest BCUT2D eigenvalue weighted by Gasteiger charge is 2.35. The van der Waals surface area contributed by atoms with E-state index in [-0.39, 0.29) is 11.8 Å². The summed E-state index contributed by atoms with van der Waals surface area (Å²) in [6.07, 6.45) is 7.99. The molecule has 0 bridgehead atoms. The van der Waals surface area contributed by atoms with Crippen LogP contribution in [0.2, 0.25) is 0 Å². The maximum absolute atomic E-state index is 14.2. The summed E-state index contributed by atoms with van der Waals surface area (Å²) in [5.41, 5.74) is 5.97. The van der Waals surface area contributed by atoms with Crippen LogP contribution < -0.4 is 0 Å². The number of hydrogen-bond donors (Lipinski definition) is 0. The number of hydrogen-bond acceptors (Lipinski definition) is 2. The lowest BCUT2D eigenvalue weighted by Crippen LogP contribution is -2.41. The summed E-state index contributed by atoms with van der Waals surface area (Å²) in [7, 11) is 2.05. The van der Waals surface area contributed by atoms with Crippen LogP contribution in [0.15, 0.2) is 60.7 Å². The summed E-state index contributed by atoms with van der Waals surface area (Å²) in [4.78, 5) is 16.4. The van der Waals surface area contributed by atoms with Crippen LogP contribution in [-0.4, -0.2) is 26.6 Å². The third-order valence-corrected chi connectivity index (χ3v) is 7.08. The fourth-order valence-corrected chi connectivity index (χ4v) is 5.52. The molecule has 3 aromatic rings. The van der Waals surface area contributed by atoms with Gasteiger partial charge < -0.3 is 4.90 Å². The van der Waals surface area contributed by atoms with E-state index in [1.54, 1.807) is 0 Å². The zero-order valence-corrected chi connectivity index (χ0v) is 18.3. The van der Waals surface area contributed by atoms with Crippen molar-refractivity contribution < 1.29 is 4.79 Å². The lowest BCUT2D eigenvalue weighted by atomic mass is 9.89. The van der Waals surface area contributed by atoms with Crippen LogP contribution in [0.1, 0.15) is 66.1 Å². The van der Waals surface area contributed by atoms with Crippen molar-refractivity contribution in [2.24, 2.45) is 7.05 Å². The fraction of sp³-hybridized carbons (Fsp3) is 0.407. The van der Waals surface area contributed by atoms with Crippen molar-refractivity contribution in [2.45, 2.75) is 63.5 Å². The molecule has 1 heterocycles. The number of carbonyl (C=O) groups excluding carboxylic acids is 1. The summed E-state index contributed by atoms with van der Waals surface area (Å²) in [5, 5.41) is 4.85. The Labute approximate surface area is 184 Å². The molecule has 4 nitrogen and oxygen atoms in total. The van der Waals surface area contributed by atoms with Crippen LogP contribution in [0.25, 0.3) is 0 Å². The van der Waals surface area contributed by atoms with Gasteiger partial charge in [0, 0.05) is 18.8 Å². The molecule has 160 valence electrons. The Kier molecular flexibility index (Phi) is 5.63. The second kappa shape index (κ2) is 8.70. The Bertz CT molecular complexity index is 996. The van der Waals surface area contributed by atoms with Gasteiger partial charge in [-0.3, -0.25) is 9.48 Å². The first-order chi connectivity index (χ1) is 15.2. The van der Waals surface area contributed by atoms with Gasteiger partial charge in [0.15, 0.2) is 0 Å². The van der Waals surface area contributed by atoms with Crippen molar-refractivity contribution >= 4 is 5.91 Å². The summed E-state index contributed by atoms with van der Waals surface area (Å²) < 4.78 is 2.04. The molecule has 31 heavy (non-hydrogen) atoms. The largest absolute Gasteiger partial charge is 0.333 e. The smallest absolute Gasteiger partial charge is 0.235 e. The van der Waals surface area contributed by atoms with Gasteiger partial charge in [0.05, 0.1) is 18.2 Å². The van der Waals surface area contributed by atoms with Crippen molar-refractivity contribution in [1.29, 1.82) is 0 Å². The molecule has 5 rings (SSSR count). The molecular formula is C27H31N3O. The topological polar surface area (TPSA) is 38.1 Å². The monoisotopic (exact) mass is 413 g/mol. The molecule has 0 unspecified atom stereocenters. The Morgan fingerprint density at radius 2 is 1.58 bits per heavy atom. The third kappa shape index (κ3) is 3.91. The van der Waals surface area contributed by atoms with Gasteiger partial charge in [-0.05, 0) is 48.8 Å². The summed E-state index contributed by atoms with van der Waals surface area (Å²) in [6.45, 7) is 0.628. The Morgan fingerprint density at radius 3 is 2.19 bits per heavy atom. The number of amides is 1. The number of carbonyl (C=O) groups is 1. The van der Waals surface area contributed by atoms with E-state index in [9.17, 15) is 4.79 Å². The molecule has 0 N–H and O–H groups in total. The highest BCUT2D eigenvalue weighted by atomic mass is 16.2. The zero-order chi connectivity index (χ0) is 21.2. The highest BCUT2D eigenvalue weighted by Crippen LogP contribution is 2.34. The number of nitrogens with zero attached hydrogens (tertiary/aromatic N) is 3. The van der Waals surface area contributed by atoms with E-state index in [2.05, 4.69) is 29.2 Å². The standard InChI is InChI=1S/C27H31N3O/c1-29-25-18-10-17-23(25)24(28-29)19-30(22-15-8-9-16-22)27(31)26(20-11-4-2-5-12-20)21-13-6-3-7-14-21/h2-7,11-14,22,26H,8-10,15-19H2,1H3. The molecule has 2 aromatic carbocycles. The van der Waals surface area contributed by atoms with Crippen molar-refractivity contribution in [3.63, 3.8) is 0 Å². The number of aryl methyl sites for hydroxylation is 1. The molecule has 2 aliphatic rings. The molecule has 1 amide bonds. The second-order valence-corrected chi connectivity index (χ2v) is 9.01. The highest BCUT2D eigenvalue weighted by molar-refractivity contribution is 5.87. The maximum atomic E-state index is 14.2. The van der Waals surface area contributed by atoms with Gasteiger partial charge >= 0.3 is 0 Å². The van der Waals surface area contributed by atoms with Crippen LogP contribution in [0.4, 0.5) is 0 Å². The molecule has 0 saturated heterocycles. The van der Waals surface area contributed by atoms with E-state index < -0.39 is 0 Å². The van der Waals surface area contributed by atoms with E-state index in [4.69, 9.17) is 5.10 Å². The van der Waals surface area contributed by atoms with Crippen LogP contribution in [0.5, 0.6) is 0 Å². The third-order valence-electron chi connectivity index (χ3n) is 7.08. The van der Waals surface area contributed by atoms with Gasteiger partial charge in [-0.15, -0.1) is 0 Å². The molecular weight excluding hydrogens is 382 g/mol. The predicted molar refractivity (Wildman–Crippen MR) is 123 cm³/mol. The number of rotatable bonds is 6. The van der Waals surface area contributed by atoms with Crippen LogP contribution in [0.3, 0.4) is 0 Å². The molecule has 0 radical (unpaired) electrons. The van der Waals surface area contributed by atoms with Crippen molar-refractivity contribution in [3.05, 3.63) is 88.7 Å². The first-order valence-electron chi connectivity index (χ1n) is 11.7. The average Bonchev–Trinajstić information content (AvgIpc) is 3.55. The van der Waals surface area contributed by atoms with Crippen LogP contribution in [0, 0.1) is 0 Å². The lowest BCUT2D eigenvalue weighted by molar-refractivity contribution is -0.135. The molecule has 4 heteroatoms. The zero-order valence-electron chi connectivity index (χ0n) is 18.3. The molecule has 0 atom stereocenters. The fourth-order valence-electron chi connectivity index (χ4n) is 5.52. The van der Waals surface area contributed by atoms with Crippen molar-refractivity contribution in [2.75, 3.05) is 0 Å². The number of benzene rings is 2. The molecule has 1 fully saturated rings. The molecule has 1 saturated carbocycles. The van der Waals surface area contributed by atoms with Crippen LogP contribution >= 0.6 is 0 Å². The maximum Gasteiger partial charge on any atom is 0.235 e. The van der Waals surface area contributed by atoms with Gasteiger partial charge in [-0.1, -0.05) is 73.5 Å². The van der Waals surface area contributed by atoms with Crippen molar-refractivity contribution in [3.8, 4) is 0 Å². The predicted octanol–water partition coefficient (Wildman–Crippen LogP) is 5.01.